The number of aromatic hydroxyl groups is 2. The van der Waals surface area contributed by atoms with Crippen LogP contribution in [-0.2, 0) is 65.4 Å². The van der Waals surface area contributed by atoms with Gasteiger partial charge in [0.1, 0.15) is 36.8 Å². The largest absolute Gasteiger partial charge is 0.504 e. The highest BCUT2D eigenvalue weighted by Gasteiger charge is 2.65. The van der Waals surface area contributed by atoms with E-state index in [1.165, 1.54) is 13.8 Å². The van der Waals surface area contributed by atoms with Crippen LogP contribution in [0.25, 0.3) is 21.8 Å². The molecule has 0 saturated carbocycles. The number of nitrogens with one attached hydrogen (secondary N) is 5. The van der Waals surface area contributed by atoms with E-state index in [4.69, 9.17) is 47.4 Å². The fourth-order valence-electron chi connectivity index (χ4n) is 21.4. The second kappa shape index (κ2) is 27.0. The highest BCUT2D eigenvalue weighted by Crippen LogP contribution is 2.67. The van der Waals surface area contributed by atoms with Crippen molar-refractivity contribution in [3.63, 3.8) is 0 Å². The number of H-pyrrole nitrogens is 2. The molecule has 113 heavy (non-hydrogen) atoms. The summed E-state index contributed by atoms with van der Waals surface area (Å²) < 4.78 is 61.6. The number of nitriles is 2. The number of hydrogen-bond donors (Lipinski definition) is 7. The first kappa shape index (κ1) is 73.1. The van der Waals surface area contributed by atoms with Gasteiger partial charge in [-0.05, 0) is 125 Å². The number of ether oxygens (including phenoxy) is 10. The number of carbonyl (C=O) groups is 4. The van der Waals surface area contributed by atoms with Crippen LogP contribution in [0.15, 0.2) is 61.2 Å². The quantitative estimate of drug-likeness (QED) is 0.0462. The van der Waals surface area contributed by atoms with Gasteiger partial charge in [0.05, 0.1) is 72.4 Å². The number of fused-ring (bicyclic) bond motifs is 22. The van der Waals surface area contributed by atoms with Gasteiger partial charge in [-0.3, -0.25) is 34.9 Å². The molecule has 16 heterocycles. The van der Waals surface area contributed by atoms with Crippen LogP contribution in [0.1, 0.15) is 149 Å². The minimum absolute atomic E-state index is 0.0373. The Morgan fingerprint density at radius 2 is 1.10 bits per heavy atom. The summed E-state index contributed by atoms with van der Waals surface area (Å²) in [6.07, 6.45) is 4.27. The van der Waals surface area contributed by atoms with Gasteiger partial charge in [-0.15, -0.1) is 30.1 Å². The van der Waals surface area contributed by atoms with E-state index < -0.39 is 93.8 Å². The monoisotopic (exact) mass is 1570 g/mol. The van der Waals surface area contributed by atoms with Crippen molar-refractivity contribution in [2.45, 2.75) is 163 Å². The maximum Gasteiger partial charge on any atom is 0.333 e. The lowest BCUT2D eigenvalue weighted by Gasteiger charge is -2.62. The first-order valence-electron chi connectivity index (χ1n) is 38.4. The number of carbonyl (C=O) groups excluding carboxylic acids is 4. The second-order valence-corrected chi connectivity index (χ2v) is 34.0. The van der Waals surface area contributed by atoms with Crippen molar-refractivity contribution in [2.24, 2.45) is 0 Å². The first-order chi connectivity index (χ1) is 54.6. The average molecular weight is 1570 g/mol. The van der Waals surface area contributed by atoms with E-state index in [0.717, 1.165) is 107 Å². The third-order valence-electron chi connectivity index (χ3n) is 25.7. The molecule has 0 amide bonds. The number of esters is 4. The highest BCUT2D eigenvalue weighted by molar-refractivity contribution is 7.99. The normalized spacial score (nSPS) is 28.5. The van der Waals surface area contributed by atoms with Gasteiger partial charge in [0.2, 0.25) is 13.6 Å². The van der Waals surface area contributed by atoms with E-state index in [-0.39, 0.29) is 61.9 Å². The van der Waals surface area contributed by atoms with Crippen LogP contribution in [0, 0.1) is 64.2 Å². The second-order valence-electron chi connectivity index (χ2n) is 31.8. The molecule has 14 aliphatic rings. The zero-order valence-electron chi connectivity index (χ0n) is 64.2. The van der Waals surface area contributed by atoms with Crippen molar-refractivity contribution in [3.8, 4) is 69.6 Å². The summed E-state index contributed by atoms with van der Waals surface area (Å²) in [4.78, 5) is 69.7. The number of phenolic OH excluding ortho intramolecular Hbond substituents is 2. The lowest BCUT2D eigenvalue weighted by molar-refractivity contribution is -0.158. The van der Waals surface area contributed by atoms with E-state index in [2.05, 4.69) is 116 Å². The molecule has 0 aliphatic carbocycles. The number of piperazine rings is 2. The molecule has 22 rings (SSSR count). The molecule has 4 fully saturated rings. The summed E-state index contributed by atoms with van der Waals surface area (Å²) in [7, 11) is 3.10. The number of benzene rings is 6. The number of phenols is 2. The lowest BCUT2D eigenvalue weighted by Crippen LogP contribution is -2.70. The molecule has 14 atom stereocenters. The number of aromatic amines is 2. The zero-order chi connectivity index (χ0) is 78.4. The number of methoxy groups -OCH3 is 2. The van der Waals surface area contributed by atoms with E-state index >= 15 is 0 Å². The third-order valence-corrected chi connectivity index (χ3v) is 28.7. The van der Waals surface area contributed by atoms with Crippen LogP contribution in [0.4, 0.5) is 0 Å². The lowest BCUT2D eigenvalue weighted by atomic mass is 9.71. The molecule has 26 nitrogen and oxygen atoms in total. The van der Waals surface area contributed by atoms with Crippen LogP contribution in [0.3, 0.4) is 0 Å². The zero-order valence-corrected chi connectivity index (χ0v) is 65.8. The third kappa shape index (κ3) is 10.5. The van der Waals surface area contributed by atoms with E-state index in [1.54, 1.807) is 37.7 Å². The molecule has 8 aromatic rings. The van der Waals surface area contributed by atoms with Gasteiger partial charge in [-0.1, -0.05) is 41.5 Å². The summed E-state index contributed by atoms with van der Waals surface area (Å²) in [5, 5.41) is 58.7. The van der Waals surface area contributed by atoms with Crippen LogP contribution >= 0.6 is 23.5 Å². The number of hydrogen-bond acceptors (Lipinski definition) is 26. The summed E-state index contributed by atoms with van der Waals surface area (Å²) in [5.74, 6) is 2.16. The predicted molar refractivity (Wildman–Crippen MR) is 417 cm³/mol. The van der Waals surface area contributed by atoms with Crippen molar-refractivity contribution in [1.29, 1.82) is 10.5 Å². The Morgan fingerprint density at radius 3 is 1.58 bits per heavy atom. The van der Waals surface area contributed by atoms with Gasteiger partial charge < -0.3 is 72.9 Å². The van der Waals surface area contributed by atoms with E-state index in [0.29, 0.717) is 106 Å². The Morgan fingerprint density at radius 1 is 0.619 bits per heavy atom. The minimum Gasteiger partial charge on any atom is -0.504 e. The smallest absolute Gasteiger partial charge is 0.333 e. The molecule has 2 spiro atoms. The van der Waals surface area contributed by atoms with Gasteiger partial charge in [0.25, 0.3) is 0 Å². The molecule has 8 bridgehead atoms. The van der Waals surface area contributed by atoms with Crippen LogP contribution < -0.4 is 53.8 Å². The summed E-state index contributed by atoms with van der Waals surface area (Å²) >= 11 is 3.09. The molecular formula is C85H86N10O16S2. The number of aromatic nitrogens is 2. The maximum atomic E-state index is 15.0. The molecule has 14 aliphatic heterocycles. The molecule has 28 heteroatoms. The number of rotatable bonds is 6. The van der Waals surface area contributed by atoms with Crippen molar-refractivity contribution in [1.82, 2.24) is 40.6 Å². The molecule has 0 radical (unpaired) electrons. The Hall–Kier alpha value is -10.1. The van der Waals surface area contributed by atoms with Crippen molar-refractivity contribution in [2.75, 3.05) is 72.2 Å². The molecular weight excluding hydrogens is 1480 g/mol. The van der Waals surface area contributed by atoms with Crippen molar-refractivity contribution >= 4 is 69.2 Å². The highest BCUT2D eigenvalue weighted by atomic mass is 32.2. The minimum atomic E-state index is -1.26. The Kier molecular flexibility index (Phi) is 17.5. The summed E-state index contributed by atoms with van der Waals surface area (Å²) in [5.41, 5.74) is 14.3. The Balaban J connectivity index is 0.000000152. The number of nitrogens with zero attached hydrogens (tertiary/aromatic N) is 5. The van der Waals surface area contributed by atoms with Gasteiger partial charge in [-0.25, -0.2) is 9.59 Å². The summed E-state index contributed by atoms with van der Waals surface area (Å²) in [6.45, 7) is 19.8. The first-order valence-corrected chi connectivity index (χ1v) is 40.5. The molecule has 6 aromatic carbocycles. The number of aryl methyl sites for hydroxylation is 4. The van der Waals surface area contributed by atoms with Gasteiger partial charge in [0.15, 0.2) is 57.1 Å². The van der Waals surface area contributed by atoms with Gasteiger partial charge in [-0.2, -0.15) is 10.5 Å². The van der Waals surface area contributed by atoms with E-state index in [9.17, 15) is 39.9 Å². The SMILES string of the molecule is C=CCN1[C@@H]2c3c(cc(C)c(OC)c3O)C[C@H]1[C@H](C#N)N1C2[C@@H]2SC[C@]3(NCCc4c3[nH]c3ccc(C)cc43)C(=O)OC[C@H]1c1c3c(c(C)c(OC(C)=O)c12)OCO3.COc1c(C)cc2c(c1O)[C@H]1N[C@@H](C2)[C@H](C#N)N2C1[C@@H]1SC[C@]3(NCCc4c3[nH]c3ccc(C)cc43)C(=O)OC[C@H]2c2c3c(c(C)c(OC(C)=O)c21)OCO3. The van der Waals surface area contributed by atoms with Gasteiger partial charge in [0, 0.05) is 135 Å². The molecule has 584 valence electrons. The fraction of sp³-hybridized carbons (Fsp3) is 0.435. The van der Waals surface area contributed by atoms with Crippen molar-refractivity contribution < 1.29 is 76.8 Å². The standard InChI is InChI=1S/C44H45N5O8S.C41H41N5O8S/c1-7-12-48-28-15-24-14-21(3)37(53-6)36(51)31(24)34(48)35-41-33-32(40-39(55-19-56-40)22(4)38(33)57-23(5)50)30(49(35)29(28)16-45)17-54-43(52)44(18-58-41)42-25(10-11-46-44)26-13-20(2)8-9-27(26)47-42;1-17-6-7-24-23(10-17)22-8-9-43-41(39(22)45-24)15-55-38-30-29(37-36(52-16-53-37)19(3)35(30)54-20(4)47)27(14-51-40(41)49)46-26(13-42)25-12-21-11-18(2)34(50-5)33(48)28(21)31(44-25)32(38)46/h7-9,13-14,28-30,34-35,41,46-47,51H,1,10-12,15,17-19H2,2-6H3;6-7,10-11,25-27,31-32,38,43-45,48H,8-9,12,14-16H2,1-5H3/t28-,29-,30-,34+,35?,41+,44+;25-,26-,27-,31+,32?,38+,41+/m00/s1. The van der Waals surface area contributed by atoms with Crippen LogP contribution in [-0.4, -0.2) is 167 Å². The maximum absolute atomic E-state index is 15.0. The molecule has 2 unspecified atom stereocenters. The summed E-state index contributed by atoms with van der Waals surface area (Å²) in [6, 6.07) is 16.5. The Labute approximate surface area is 659 Å². The molecule has 4 saturated heterocycles. The predicted octanol–water partition coefficient (Wildman–Crippen LogP) is 10.3. The van der Waals surface area contributed by atoms with Gasteiger partial charge >= 0.3 is 23.9 Å². The topological polar surface area (TPSA) is 326 Å². The number of thioether (sulfide) groups is 2. The molecule has 7 N–H and O–H groups in total. The average Bonchev–Trinajstić information content (AvgIpc) is 1.21. The van der Waals surface area contributed by atoms with Crippen LogP contribution in [0.5, 0.6) is 57.5 Å². The van der Waals surface area contributed by atoms with E-state index in [1.807, 2.05) is 39.8 Å². The fourth-order valence-corrected chi connectivity index (χ4v) is 24.7. The Bertz CT molecular complexity index is 5590. The van der Waals surface area contributed by atoms with Crippen LogP contribution in [0.2, 0.25) is 0 Å². The molecule has 2 aromatic heterocycles. The van der Waals surface area contributed by atoms with Crippen molar-refractivity contribution in [3.05, 3.63) is 162 Å².